The molecule has 2 amide bonds. The maximum atomic E-state index is 12.1. The molecule has 1 aromatic heterocycles. The van der Waals surface area contributed by atoms with Gasteiger partial charge in [0.05, 0.1) is 12.2 Å². The van der Waals surface area contributed by atoms with Crippen molar-refractivity contribution in [2.45, 2.75) is 66.6 Å². The number of hydrogen-bond acceptors (Lipinski definition) is 2. The monoisotopic (exact) mass is 356 g/mol. The van der Waals surface area contributed by atoms with E-state index in [1.165, 1.54) is 5.56 Å². The van der Waals surface area contributed by atoms with Crippen LogP contribution in [-0.2, 0) is 13.1 Å². The van der Waals surface area contributed by atoms with Gasteiger partial charge in [0.2, 0.25) is 0 Å². The van der Waals surface area contributed by atoms with Crippen LogP contribution in [0.2, 0.25) is 0 Å². The number of urea groups is 1. The molecule has 0 fully saturated rings. The highest BCUT2D eigenvalue weighted by atomic mass is 16.2. The predicted molar refractivity (Wildman–Crippen MR) is 106 cm³/mol. The lowest BCUT2D eigenvalue weighted by molar-refractivity contribution is 0.236. The summed E-state index contributed by atoms with van der Waals surface area (Å²) in [5, 5.41) is 10.6. The first kappa shape index (κ1) is 20.0. The maximum Gasteiger partial charge on any atom is 0.315 e. The van der Waals surface area contributed by atoms with Crippen molar-refractivity contribution in [1.82, 2.24) is 20.4 Å². The van der Waals surface area contributed by atoms with Crippen LogP contribution in [0.5, 0.6) is 0 Å². The minimum Gasteiger partial charge on any atom is -0.336 e. The van der Waals surface area contributed by atoms with Crippen molar-refractivity contribution in [1.29, 1.82) is 0 Å². The topological polar surface area (TPSA) is 59.0 Å². The van der Waals surface area contributed by atoms with E-state index in [1.54, 1.807) is 0 Å². The van der Waals surface area contributed by atoms with E-state index in [0.29, 0.717) is 12.5 Å². The first-order chi connectivity index (χ1) is 12.4. The number of amides is 2. The molecule has 0 aliphatic heterocycles. The van der Waals surface area contributed by atoms with Crippen molar-refractivity contribution in [3.8, 4) is 0 Å². The molecular weight excluding hydrogens is 324 g/mol. The standard InChI is InChI=1S/C21H32N4O/c1-15(2)11-12-16(3)23-21(26)22-13-20-17(4)24-25(18(20)5)14-19-9-7-6-8-10-19/h6-10,15-16H,11-14H2,1-5H3,(H2,22,23,26). The summed E-state index contributed by atoms with van der Waals surface area (Å²) in [6.07, 6.45) is 2.12. The molecule has 1 heterocycles. The molecule has 0 saturated heterocycles. The fourth-order valence-corrected chi connectivity index (χ4v) is 3.00. The van der Waals surface area contributed by atoms with Crippen molar-refractivity contribution in [3.63, 3.8) is 0 Å². The molecule has 142 valence electrons. The van der Waals surface area contributed by atoms with E-state index in [4.69, 9.17) is 0 Å². The van der Waals surface area contributed by atoms with E-state index in [9.17, 15) is 4.79 Å². The van der Waals surface area contributed by atoms with E-state index in [-0.39, 0.29) is 12.1 Å². The number of rotatable bonds is 8. The Labute approximate surface area is 157 Å². The van der Waals surface area contributed by atoms with Gasteiger partial charge in [-0.25, -0.2) is 4.79 Å². The Morgan fingerprint density at radius 3 is 2.46 bits per heavy atom. The van der Waals surface area contributed by atoms with E-state index in [2.05, 4.69) is 55.6 Å². The lowest BCUT2D eigenvalue weighted by Gasteiger charge is -2.15. The van der Waals surface area contributed by atoms with Crippen LogP contribution in [0.1, 0.15) is 56.1 Å². The number of aromatic nitrogens is 2. The summed E-state index contributed by atoms with van der Waals surface area (Å²) in [5.74, 6) is 0.656. The van der Waals surface area contributed by atoms with Gasteiger partial charge in [0, 0.05) is 23.8 Å². The third kappa shape index (κ3) is 5.90. The molecule has 0 bridgehead atoms. The van der Waals surface area contributed by atoms with Crippen molar-refractivity contribution in [2.24, 2.45) is 5.92 Å². The molecule has 5 heteroatoms. The maximum absolute atomic E-state index is 12.1. The Kier molecular flexibility index (Phi) is 7.25. The molecule has 0 aliphatic carbocycles. The molecule has 1 aromatic carbocycles. The van der Waals surface area contributed by atoms with Gasteiger partial charge in [-0.05, 0) is 45.1 Å². The molecule has 0 aliphatic rings. The van der Waals surface area contributed by atoms with Crippen molar-refractivity contribution in [2.75, 3.05) is 0 Å². The average Bonchev–Trinajstić information content (AvgIpc) is 2.85. The van der Waals surface area contributed by atoms with E-state index in [0.717, 1.165) is 36.3 Å². The van der Waals surface area contributed by atoms with Crippen LogP contribution < -0.4 is 10.6 Å². The molecule has 0 spiro atoms. The van der Waals surface area contributed by atoms with Gasteiger partial charge >= 0.3 is 6.03 Å². The van der Waals surface area contributed by atoms with Crippen LogP contribution in [0.4, 0.5) is 4.79 Å². The number of hydrogen-bond donors (Lipinski definition) is 2. The summed E-state index contributed by atoms with van der Waals surface area (Å²) in [7, 11) is 0. The van der Waals surface area contributed by atoms with Gasteiger partial charge in [-0.3, -0.25) is 4.68 Å². The summed E-state index contributed by atoms with van der Waals surface area (Å²) >= 11 is 0. The second-order valence-corrected chi connectivity index (χ2v) is 7.49. The highest BCUT2D eigenvalue weighted by molar-refractivity contribution is 5.74. The van der Waals surface area contributed by atoms with E-state index < -0.39 is 0 Å². The molecule has 1 atom stereocenters. The smallest absolute Gasteiger partial charge is 0.315 e. The fraction of sp³-hybridized carbons (Fsp3) is 0.524. The number of carbonyl (C=O) groups is 1. The SMILES string of the molecule is Cc1nn(Cc2ccccc2)c(C)c1CNC(=O)NC(C)CCC(C)C. The Balaban J connectivity index is 1.90. The highest BCUT2D eigenvalue weighted by Crippen LogP contribution is 2.14. The third-order valence-electron chi connectivity index (χ3n) is 4.69. The van der Waals surface area contributed by atoms with Crippen molar-refractivity contribution < 1.29 is 4.79 Å². The molecule has 1 unspecified atom stereocenters. The van der Waals surface area contributed by atoms with Crippen LogP contribution in [0, 0.1) is 19.8 Å². The van der Waals surface area contributed by atoms with Crippen molar-refractivity contribution in [3.05, 3.63) is 52.8 Å². The van der Waals surface area contributed by atoms with Crippen molar-refractivity contribution >= 4 is 6.03 Å². The largest absolute Gasteiger partial charge is 0.336 e. The minimum absolute atomic E-state index is 0.115. The fourth-order valence-electron chi connectivity index (χ4n) is 3.00. The number of nitrogens with one attached hydrogen (secondary N) is 2. The molecule has 2 N–H and O–H groups in total. The van der Waals surface area contributed by atoms with E-state index >= 15 is 0 Å². The number of aryl methyl sites for hydroxylation is 1. The van der Waals surface area contributed by atoms with Gasteiger partial charge < -0.3 is 10.6 Å². The zero-order valence-electron chi connectivity index (χ0n) is 16.7. The zero-order valence-corrected chi connectivity index (χ0v) is 16.7. The average molecular weight is 357 g/mol. The molecule has 0 radical (unpaired) electrons. The van der Waals surface area contributed by atoms with E-state index in [1.807, 2.05) is 29.8 Å². The van der Waals surface area contributed by atoms with Crippen LogP contribution >= 0.6 is 0 Å². The Bertz CT molecular complexity index is 706. The Hall–Kier alpha value is -2.30. The first-order valence-corrected chi connectivity index (χ1v) is 9.48. The summed E-state index contributed by atoms with van der Waals surface area (Å²) in [5.41, 5.74) is 4.37. The molecule has 0 saturated carbocycles. The highest BCUT2D eigenvalue weighted by Gasteiger charge is 2.14. The van der Waals surface area contributed by atoms with Gasteiger partial charge in [0.25, 0.3) is 0 Å². The van der Waals surface area contributed by atoms with Crippen LogP contribution in [0.15, 0.2) is 30.3 Å². The number of benzene rings is 1. The summed E-state index contributed by atoms with van der Waals surface area (Å²) < 4.78 is 2.00. The third-order valence-corrected chi connectivity index (χ3v) is 4.69. The van der Waals surface area contributed by atoms with Gasteiger partial charge in [-0.2, -0.15) is 5.10 Å². The first-order valence-electron chi connectivity index (χ1n) is 9.48. The van der Waals surface area contributed by atoms with Crippen LogP contribution in [0.3, 0.4) is 0 Å². The molecule has 5 nitrogen and oxygen atoms in total. The molecule has 26 heavy (non-hydrogen) atoms. The van der Waals surface area contributed by atoms with Crippen LogP contribution in [-0.4, -0.2) is 21.9 Å². The predicted octanol–water partition coefficient (Wildman–Crippen LogP) is 4.17. The lowest BCUT2D eigenvalue weighted by atomic mass is 10.0. The van der Waals surface area contributed by atoms with Gasteiger partial charge in [-0.1, -0.05) is 44.2 Å². The molecular formula is C21H32N4O. The molecule has 2 rings (SSSR count). The van der Waals surface area contributed by atoms with Gasteiger partial charge in [-0.15, -0.1) is 0 Å². The minimum atomic E-state index is -0.115. The number of carbonyl (C=O) groups excluding carboxylic acids is 1. The quantitative estimate of drug-likeness (QED) is 0.746. The zero-order chi connectivity index (χ0) is 19.1. The Morgan fingerprint density at radius 1 is 1.12 bits per heavy atom. The second kappa shape index (κ2) is 9.41. The summed E-state index contributed by atoms with van der Waals surface area (Å²) in [4.78, 5) is 12.1. The summed E-state index contributed by atoms with van der Waals surface area (Å²) in [6, 6.07) is 10.3. The summed E-state index contributed by atoms with van der Waals surface area (Å²) in [6.45, 7) is 11.7. The Morgan fingerprint density at radius 2 is 1.81 bits per heavy atom. The normalized spacial score (nSPS) is 12.2. The van der Waals surface area contributed by atoms with Gasteiger partial charge in [0.15, 0.2) is 0 Å². The second-order valence-electron chi connectivity index (χ2n) is 7.49. The number of nitrogens with zero attached hydrogens (tertiary/aromatic N) is 2. The lowest BCUT2D eigenvalue weighted by Crippen LogP contribution is -2.40. The van der Waals surface area contributed by atoms with Crippen LogP contribution in [0.25, 0.3) is 0 Å². The van der Waals surface area contributed by atoms with Gasteiger partial charge in [0.1, 0.15) is 0 Å². The molecule has 2 aromatic rings.